The minimum absolute atomic E-state index is 0.0176. The van der Waals surface area contributed by atoms with Crippen LogP contribution >= 0.6 is 15.9 Å². The van der Waals surface area contributed by atoms with Gasteiger partial charge >= 0.3 is 0 Å². The van der Waals surface area contributed by atoms with Crippen molar-refractivity contribution >= 4 is 37.8 Å². The van der Waals surface area contributed by atoms with E-state index in [4.69, 9.17) is 4.74 Å². The number of allylic oxidation sites excluding steroid dienone is 1. The number of carbonyl (C=O) groups is 1. The van der Waals surface area contributed by atoms with Crippen molar-refractivity contribution in [3.05, 3.63) is 58.1 Å². The number of methoxy groups -OCH3 is 1. The molecule has 2 aromatic carbocycles. The fourth-order valence-corrected chi connectivity index (χ4v) is 4.54. The van der Waals surface area contributed by atoms with Crippen LogP contribution in [-0.4, -0.2) is 43.8 Å². The molecule has 2 aromatic rings. The van der Waals surface area contributed by atoms with Gasteiger partial charge in [-0.15, -0.1) is 0 Å². The lowest BCUT2D eigenvalue weighted by atomic mass is 10.1. The van der Waals surface area contributed by atoms with Gasteiger partial charge in [-0.2, -0.15) is 4.31 Å². The summed E-state index contributed by atoms with van der Waals surface area (Å²) in [4.78, 5) is 12.5. The first-order valence-electron chi connectivity index (χ1n) is 8.63. The SMILES string of the molecule is CCN(CC)S(=O)(=O)c1ccc(C(=O)C=Cc2cc(Br)c(O)c(OC)c2)cc1. The highest BCUT2D eigenvalue weighted by molar-refractivity contribution is 9.10. The molecule has 0 aliphatic carbocycles. The summed E-state index contributed by atoms with van der Waals surface area (Å²) in [6, 6.07) is 9.13. The summed E-state index contributed by atoms with van der Waals surface area (Å²) in [5, 5.41) is 9.83. The third-order valence-electron chi connectivity index (χ3n) is 4.18. The molecule has 0 aromatic heterocycles. The summed E-state index contributed by atoms with van der Waals surface area (Å²) in [6.07, 6.45) is 2.97. The number of ketones is 1. The predicted molar refractivity (Wildman–Crippen MR) is 112 cm³/mol. The van der Waals surface area contributed by atoms with Crippen LogP contribution in [0.4, 0.5) is 0 Å². The molecule has 0 aliphatic rings. The Labute approximate surface area is 173 Å². The molecule has 8 heteroatoms. The van der Waals surface area contributed by atoms with E-state index < -0.39 is 10.0 Å². The number of hydrogen-bond donors (Lipinski definition) is 1. The summed E-state index contributed by atoms with van der Waals surface area (Å²) in [6.45, 7) is 4.32. The second-order valence-electron chi connectivity index (χ2n) is 5.86. The molecule has 0 bridgehead atoms. The van der Waals surface area contributed by atoms with Crippen LogP contribution in [0.25, 0.3) is 6.08 Å². The van der Waals surface area contributed by atoms with Crippen molar-refractivity contribution in [3.63, 3.8) is 0 Å². The second-order valence-corrected chi connectivity index (χ2v) is 8.66. The average Bonchev–Trinajstić information content (AvgIpc) is 2.69. The molecule has 28 heavy (non-hydrogen) atoms. The second kappa shape index (κ2) is 9.36. The number of phenols is 1. The largest absolute Gasteiger partial charge is 0.503 e. The van der Waals surface area contributed by atoms with E-state index in [0.29, 0.717) is 28.7 Å². The minimum Gasteiger partial charge on any atom is -0.503 e. The first-order chi connectivity index (χ1) is 13.2. The van der Waals surface area contributed by atoms with E-state index in [1.165, 1.54) is 41.8 Å². The van der Waals surface area contributed by atoms with E-state index in [1.54, 1.807) is 32.1 Å². The van der Waals surface area contributed by atoms with Crippen LogP contribution in [0.15, 0.2) is 51.8 Å². The van der Waals surface area contributed by atoms with Crippen LogP contribution in [0, 0.1) is 0 Å². The summed E-state index contributed by atoms with van der Waals surface area (Å²) in [7, 11) is -2.12. The minimum atomic E-state index is -3.55. The molecule has 2 rings (SSSR count). The Bertz CT molecular complexity index is 980. The lowest BCUT2D eigenvalue weighted by molar-refractivity contribution is 0.104. The molecular weight excluding hydrogens is 446 g/mol. The predicted octanol–water partition coefficient (Wildman–Crippen LogP) is 4.09. The van der Waals surface area contributed by atoms with Crippen molar-refractivity contribution in [2.75, 3.05) is 20.2 Å². The van der Waals surface area contributed by atoms with Gasteiger partial charge in [0, 0.05) is 18.7 Å². The number of benzene rings is 2. The van der Waals surface area contributed by atoms with Crippen LogP contribution in [0.3, 0.4) is 0 Å². The molecule has 150 valence electrons. The maximum absolute atomic E-state index is 12.5. The Hall–Kier alpha value is -2.16. The van der Waals surface area contributed by atoms with Gasteiger partial charge < -0.3 is 9.84 Å². The van der Waals surface area contributed by atoms with Gasteiger partial charge in [0.1, 0.15) is 0 Å². The van der Waals surface area contributed by atoms with Crippen molar-refractivity contribution in [2.24, 2.45) is 0 Å². The van der Waals surface area contributed by atoms with E-state index in [9.17, 15) is 18.3 Å². The molecule has 0 heterocycles. The van der Waals surface area contributed by atoms with Crippen LogP contribution in [0.5, 0.6) is 11.5 Å². The van der Waals surface area contributed by atoms with Crippen LogP contribution in [0.1, 0.15) is 29.8 Å². The number of hydrogen-bond acceptors (Lipinski definition) is 5. The average molecular weight is 468 g/mol. The Morgan fingerprint density at radius 1 is 1.18 bits per heavy atom. The monoisotopic (exact) mass is 467 g/mol. The summed E-state index contributed by atoms with van der Waals surface area (Å²) in [5.74, 6) is -0.00151. The van der Waals surface area contributed by atoms with E-state index in [0.717, 1.165) is 0 Å². The zero-order valence-electron chi connectivity index (χ0n) is 15.8. The Morgan fingerprint density at radius 3 is 2.32 bits per heavy atom. The van der Waals surface area contributed by atoms with Crippen LogP contribution in [0.2, 0.25) is 0 Å². The highest BCUT2D eigenvalue weighted by Crippen LogP contribution is 2.35. The lowest BCUT2D eigenvalue weighted by Crippen LogP contribution is -2.30. The zero-order chi connectivity index (χ0) is 20.9. The van der Waals surface area contributed by atoms with Gasteiger partial charge in [-0.25, -0.2) is 8.42 Å². The summed E-state index contributed by atoms with van der Waals surface area (Å²) < 4.78 is 31.9. The lowest BCUT2D eigenvalue weighted by Gasteiger charge is -2.18. The van der Waals surface area contributed by atoms with Gasteiger partial charge in [-0.1, -0.05) is 19.9 Å². The molecule has 6 nitrogen and oxygen atoms in total. The third-order valence-corrected chi connectivity index (χ3v) is 6.85. The Morgan fingerprint density at radius 2 is 1.79 bits per heavy atom. The van der Waals surface area contributed by atoms with Crippen LogP contribution < -0.4 is 4.74 Å². The molecule has 0 unspecified atom stereocenters. The normalized spacial score (nSPS) is 11.9. The number of aromatic hydroxyl groups is 1. The van der Waals surface area contributed by atoms with Gasteiger partial charge in [0.2, 0.25) is 10.0 Å². The smallest absolute Gasteiger partial charge is 0.243 e. The number of halogens is 1. The summed E-state index contributed by atoms with van der Waals surface area (Å²) >= 11 is 3.23. The highest BCUT2D eigenvalue weighted by atomic mass is 79.9. The topological polar surface area (TPSA) is 83.9 Å². The van der Waals surface area contributed by atoms with Crippen LogP contribution in [-0.2, 0) is 10.0 Å². The quantitative estimate of drug-likeness (QED) is 0.466. The first-order valence-corrected chi connectivity index (χ1v) is 10.9. The molecule has 0 spiro atoms. The van der Waals surface area contributed by atoms with Gasteiger partial charge in [-0.05, 0) is 64.0 Å². The molecule has 0 aliphatic heterocycles. The van der Waals surface area contributed by atoms with Crippen molar-refractivity contribution in [3.8, 4) is 11.5 Å². The van der Waals surface area contributed by atoms with E-state index in [-0.39, 0.29) is 22.2 Å². The van der Waals surface area contributed by atoms with Crippen molar-refractivity contribution in [1.82, 2.24) is 4.31 Å². The molecule has 0 saturated heterocycles. The number of nitrogens with zero attached hydrogens (tertiary/aromatic N) is 1. The molecule has 0 saturated carbocycles. The Kier molecular flexibility index (Phi) is 7.40. The molecular formula is C20H22BrNO5S. The third kappa shape index (κ3) is 4.81. The van der Waals surface area contributed by atoms with Crippen molar-refractivity contribution in [1.29, 1.82) is 0 Å². The van der Waals surface area contributed by atoms with Crippen molar-refractivity contribution in [2.45, 2.75) is 18.7 Å². The number of carbonyl (C=O) groups excluding carboxylic acids is 1. The van der Waals surface area contributed by atoms with E-state index in [1.807, 2.05) is 0 Å². The molecule has 0 amide bonds. The fourth-order valence-electron chi connectivity index (χ4n) is 2.62. The van der Waals surface area contributed by atoms with Gasteiger partial charge in [-0.3, -0.25) is 4.79 Å². The highest BCUT2D eigenvalue weighted by Gasteiger charge is 2.21. The maximum Gasteiger partial charge on any atom is 0.243 e. The van der Waals surface area contributed by atoms with Gasteiger partial charge in [0.25, 0.3) is 0 Å². The van der Waals surface area contributed by atoms with Crippen molar-refractivity contribution < 1.29 is 23.1 Å². The van der Waals surface area contributed by atoms with Gasteiger partial charge in [0.05, 0.1) is 16.5 Å². The zero-order valence-corrected chi connectivity index (χ0v) is 18.2. The standard InChI is InChI=1S/C20H22BrNO5S/c1-4-22(5-2)28(25,26)16-9-7-15(8-10-16)18(23)11-6-14-12-17(21)20(24)19(13-14)27-3/h6-13,24H,4-5H2,1-3H3. The number of sulfonamides is 1. The molecule has 0 atom stereocenters. The van der Waals surface area contributed by atoms with E-state index >= 15 is 0 Å². The first kappa shape index (κ1) is 22.1. The number of ether oxygens (including phenoxy) is 1. The maximum atomic E-state index is 12.5. The number of rotatable bonds is 8. The number of phenolic OH excluding ortho intramolecular Hbond substituents is 1. The Balaban J connectivity index is 2.22. The molecule has 1 N–H and O–H groups in total. The fraction of sp³-hybridized carbons (Fsp3) is 0.250. The molecule has 0 fully saturated rings. The van der Waals surface area contributed by atoms with E-state index in [2.05, 4.69) is 15.9 Å². The molecule has 0 radical (unpaired) electrons. The summed E-state index contributed by atoms with van der Waals surface area (Å²) in [5.41, 5.74) is 1.04. The van der Waals surface area contributed by atoms with Gasteiger partial charge in [0.15, 0.2) is 17.3 Å².